The van der Waals surface area contributed by atoms with Gasteiger partial charge in [0.25, 0.3) is 0 Å². The Bertz CT molecular complexity index is 535. The number of unbranched alkanes of at least 4 members (excludes halogenated alkanes) is 1. The maximum absolute atomic E-state index is 12.1. The van der Waals surface area contributed by atoms with Crippen LogP contribution in [-0.4, -0.2) is 53.3 Å². The summed E-state index contributed by atoms with van der Waals surface area (Å²) in [5, 5.41) is 15.8. The van der Waals surface area contributed by atoms with Crippen molar-refractivity contribution >= 4 is 29.6 Å². The Morgan fingerprint density at radius 3 is 2.00 bits per heavy atom. The fourth-order valence-electron chi connectivity index (χ4n) is 1.96. The standard InChI is InChI=1S/C16H28N4O6/c1-9(2)14(16(26)19-10(3)15(17)25)20-12(22)8-18-11(21)6-4-5-7-13(23)24/h9-10,14H,4-8H2,1-3H3,(H2,17,25)(H,18,21)(H,19,26)(H,20,22)(H,23,24)/t10-,14-/m0/s1. The summed E-state index contributed by atoms with van der Waals surface area (Å²) in [6.45, 7) is 4.57. The number of carboxylic acid groups (broad SMARTS) is 1. The molecule has 2 atom stereocenters. The van der Waals surface area contributed by atoms with E-state index in [1.807, 2.05) is 0 Å². The number of carbonyl (C=O) groups excluding carboxylic acids is 4. The van der Waals surface area contributed by atoms with Gasteiger partial charge in [0.2, 0.25) is 23.6 Å². The molecule has 148 valence electrons. The zero-order valence-electron chi connectivity index (χ0n) is 15.3. The van der Waals surface area contributed by atoms with Crippen LogP contribution in [0.1, 0.15) is 46.5 Å². The normalized spacial score (nSPS) is 12.8. The van der Waals surface area contributed by atoms with Crippen molar-refractivity contribution in [3.63, 3.8) is 0 Å². The molecule has 6 N–H and O–H groups in total. The van der Waals surface area contributed by atoms with Crippen molar-refractivity contribution in [2.45, 2.75) is 58.5 Å². The predicted molar refractivity (Wildman–Crippen MR) is 92.7 cm³/mol. The first-order chi connectivity index (χ1) is 12.0. The molecule has 0 aliphatic heterocycles. The molecule has 0 saturated carbocycles. The lowest BCUT2D eigenvalue weighted by Crippen LogP contribution is -2.55. The van der Waals surface area contributed by atoms with Gasteiger partial charge >= 0.3 is 5.97 Å². The minimum atomic E-state index is -0.923. The Balaban J connectivity index is 4.34. The predicted octanol–water partition coefficient (Wildman–Crippen LogP) is -1.12. The maximum Gasteiger partial charge on any atom is 0.303 e. The second kappa shape index (κ2) is 11.8. The van der Waals surface area contributed by atoms with Gasteiger partial charge < -0.3 is 26.8 Å². The van der Waals surface area contributed by atoms with E-state index in [4.69, 9.17) is 10.8 Å². The van der Waals surface area contributed by atoms with Gasteiger partial charge in [0.1, 0.15) is 12.1 Å². The van der Waals surface area contributed by atoms with Gasteiger partial charge in [-0.15, -0.1) is 0 Å². The molecule has 0 aliphatic carbocycles. The minimum Gasteiger partial charge on any atom is -0.481 e. The van der Waals surface area contributed by atoms with E-state index in [0.29, 0.717) is 12.8 Å². The molecule has 0 saturated heterocycles. The number of nitrogens with one attached hydrogen (secondary N) is 3. The van der Waals surface area contributed by atoms with E-state index >= 15 is 0 Å². The van der Waals surface area contributed by atoms with Crippen LogP contribution < -0.4 is 21.7 Å². The van der Waals surface area contributed by atoms with Crippen molar-refractivity contribution in [3.05, 3.63) is 0 Å². The van der Waals surface area contributed by atoms with E-state index in [0.717, 1.165) is 0 Å². The molecule has 0 radical (unpaired) electrons. The number of carbonyl (C=O) groups is 5. The number of primary amides is 1. The molecular formula is C16H28N4O6. The largest absolute Gasteiger partial charge is 0.481 e. The summed E-state index contributed by atoms with van der Waals surface area (Å²) >= 11 is 0. The van der Waals surface area contributed by atoms with E-state index < -0.39 is 35.8 Å². The second-order valence-corrected chi connectivity index (χ2v) is 6.30. The van der Waals surface area contributed by atoms with E-state index in [1.165, 1.54) is 6.92 Å². The monoisotopic (exact) mass is 372 g/mol. The zero-order valence-corrected chi connectivity index (χ0v) is 15.3. The van der Waals surface area contributed by atoms with Crippen LogP contribution in [0.5, 0.6) is 0 Å². The number of amides is 4. The number of rotatable bonds is 12. The zero-order chi connectivity index (χ0) is 20.3. The maximum atomic E-state index is 12.1. The first-order valence-electron chi connectivity index (χ1n) is 8.42. The van der Waals surface area contributed by atoms with Gasteiger partial charge in [0, 0.05) is 12.8 Å². The number of hydrogen-bond acceptors (Lipinski definition) is 5. The lowest BCUT2D eigenvalue weighted by molar-refractivity contribution is -0.137. The highest BCUT2D eigenvalue weighted by molar-refractivity contribution is 5.92. The molecule has 10 heteroatoms. The number of nitrogens with two attached hydrogens (primary N) is 1. The molecule has 0 rings (SSSR count). The fraction of sp³-hybridized carbons (Fsp3) is 0.688. The minimum absolute atomic E-state index is 0.0112. The van der Waals surface area contributed by atoms with Gasteiger partial charge in [-0.25, -0.2) is 0 Å². The van der Waals surface area contributed by atoms with Gasteiger partial charge in [0.05, 0.1) is 6.54 Å². The van der Waals surface area contributed by atoms with Crippen molar-refractivity contribution in [2.75, 3.05) is 6.54 Å². The van der Waals surface area contributed by atoms with Crippen LogP contribution in [0, 0.1) is 5.92 Å². The summed E-state index contributed by atoms with van der Waals surface area (Å²) in [4.78, 5) is 57.0. The molecule has 0 aliphatic rings. The van der Waals surface area contributed by atoms with Crippen LogP contribution in [0.4, 0.5) is 0 Å². The van der Waals surface area contributed by atoms with Crippen LogP contribution in [0.2, 0.25) is 0 Å². The van der Waals surface area contributed by atoms with Gasteiger partial charge in [0.15, 0.2) is 0 Å². The average Bonchev–Trinajstić information content (AvgIpc) is 2.53. The molecular weight excluding hydrogens is 344 g/mol. The van der Waals surface area contributed by atoms with Crippen LogP contribution in [0.25, 0.3) is 0 Å². The molecule has 4 amide bonds. The quantitative estimate of drug-likeness (QED) is 0.272. The van der Waals surface area contributed by atoms with Crippen molar-refractivity contribution in [2.24, 2.45) is 11.7 Å². The fourth-order valence-corrected chi connectivity index (χ4v) is 1.96. The van der Waals surface area contributed by atoms with Crippen LogP contribution in [0.15, 0.2) is 0 Å². The molecule has 0 unspecified atom stereocenters. The highest BCUT2D eigenvalue weighted by atomic mass is 16.4. The van der Waals surface area contributed by atoms with Crippen LogP contribution >= 0.6 is 0 Å². The van der Waals surface area contributed by atoms with E-state index in [9.17, 15) is 24.0 Å². The molecule has 0 fully saturated rings. The third-order valence-corrected chi connectivity index (χ3v) is 3.54. The lowest BCUT2D eigenvalue weighted by atomic mass is 10.0. The Hall–Kier alpha value is -2.65. The highest BCUT2D eigenvalue weighted by Gasteiger charge is 2.26. The van der Waals surface area contributed by atoms with Crippen LogP contribution in [-0.2, 0) is 24.0 Å². The molecule has 0 spiro atoms. The molecule has 26 heavy (non-hydrogen) atoms. The first-order valence-corrected chi connectivity index (χ1v) is 8.42. The van der Waals surface area contributed by atoms with E-state index in [1.54, 1.807) is 13.8 Å². The van der Waals surface area contributed by atoms with E-state index in [-0.39, 0.29) is 31.2 Å². The lowest BCUT2D eigenvalue weighted by Gasteiger charge is -2.23. The van der Waals surface area contributed by atoms with E-state index in [2.05, 4.69) is 16.0 Å². The topological polar surface area (TPSA) is 168 Å². The molecule has 0 heterocycles. The van der Waals surface area contributed by atoms with Crippen molar-refractivity contribution in [1.29, 1.82) is 0 Å². The SMILES string of the molecule is CC(C)[C@H](NC(=O)CNC(=O)CCCCC(=O)O)C(=O)N[C@@H](C)C(N)=O. The van der Waals surface area contributed by atoms with Crippen molar-refractivity contribution in [3.8, 4) is 0 Å². The number of hydrogen-bond donors (Lipinski definition) is 5. The number of carboxylic acids is 1. The summed E-state index contributed by atoms with van der Waals surface area (Å²) < 4.78 is 0. The third kappa shape index (κ3) is 10.3. The third-order valence-electron chi connectivity index (χ3n) is 3.54. The Kier molecular flexibility index (Phi) is 10.6. The smallest absolute Gasteiger partial charge is 0.303 e. The van der Waals surface area contributed by atoms with Gasteiger partial charge in [-0.1, -0.05) is 13.8 Å². The molecule has 0 aromatic carbocycles. The van der Waals surface area contributed by atoms with Crippen molar-refractivity contribution < 1.29 is 29.1 Å². The Labute approximate surface area is 152 Å². The van der Waals surface area contributed by atoms with Gasteiger partial charge in [-0.3, -0.25) is 24.0 Å². The molecule has 0 aromatic heterocycles. The summed E-state index contributed by atoms with van der Waals surface area (Å²) in [5.74, 6) is -3.33. The van der Waals surface area contributed by atoms with Crippen LogP contribution in [0.3, 0.4) is 0 Å². The van der Waals surface area contributed by atoms with Gasteiger partial charge in [-0.05, 0) is 25.7 Å². The highest BCUT2D eigenvalue weighted by Crippen LogP contribution is 2.03. The Morgan fingerprint density at radius 1 is 0.923 bits per heavy atom. The summed E-state index contributed by atoms with van der Waals surface area (Å²) in [6, 6.07) is -1.75. The first kappa shape index (κ1) is 23.4. The average molecular weight is 372 g/mol. The number of aliphatic carboxylic acids is 1. The van der Waals surface area contributed by atoms with Gasteiger partial charge in [-0.2, -0.15) is 0 Å². The second-order valence-electron chi connectivity index (χ2n) is 6.30. The molecule has 0 aromatic rings. The molecule has 0 bridgehead atoms. The summed E-state index contributed by atoms with van der Waals surface area (Å²) in [5.41, 5.74) is 5.09. The Morgan fingerprint density at radius 2 is 1.50 bits per heavy atom. The summed E-state index contributed by atoms with van der Waals surface area (Å²) in [7, 11) is 0. The van der Waals surface area contributed by atoms with Crippen molar-refractivity contribution in [1.82, 2.24) is 16.0 Å². The summed E-state index contributed by atoms with van der Waals surface area (Å²) in [6.07, 6.45) is 0.887. The molecule has 10 nitrogen and oxygen atoms in total.